The second-order valence-electron chi connectivity index (χ2n) is 4.30. The lowest BCUT2D eigenvalue weighted by Gasteiger charge is -2.11. The molecule has 0 spiro atoms. The number of hydrogen-bond donors (Lipinski definition) is 2. The maximum Gasteiger partial charge on any atom is 0.303 e. The van der Waals surface area contributed by atoms with Crippen molar-refractivity contribution >= 4 is 29.2 Å². The Balaban J connectivity index is 2.59. The van der Waals surface area contributed by atoms with Crippen molar-refractivity contribution in [2.45, 2.75) is 19.8 Å². The van der Waals surface area contributed by atoms with Gasteiger partial charge in [-0.05, 0) is 18.1 Å². The third-order valence-electron chi connectivity index (χ3n) is 2.49. The smallest absolute Gasteiger partial charge is 0.303 e. The zero-order valence-electron chi connectivity index (χ0n) is 10.8. The quantitative estimate of drug-likeness (QED) is 0.843. The van der Waals surface area contributed by atoms with E-state index in [4.69, 9.17) is 21.4 Å². The van der Waals surface area contributed by atoms with Gasteiger partial charge in [-0.15, -0.1) is 0 Å². The first kappa shape index (κ1) is 15.3. The Morgan fingerprint density at radius 1 is 1.42 bits per heavy atom. The van der Waals surface area contributed by atoms with Crippen molar-refractivity contribution in [2.75, 3.05) is 12.4 Å². The van der Waals surface area contributed by atoms with Crippen LogP contribution in [0, 0.1) is 5.92 Å². The number of anilines is 1. The van der Waals surface area contributed by atoms with Crippen molar-refractivity contribution in [3.63, 3.8) is 0 Å². The molecule has 1 amide bonds. The molecule has 0 aliphatic carbocycles. The van der Waals surface area contributed by atoms with E-state index >= 15 is 0 Å². The predicted octanol–water partition coefficient (Wildman–Crippen LogP) is 2.79. The van der Waals surface area contributed by atoms with Gasteiger partial charge >= 0.3 is 5.97 Å². The van der Waals surface area contributed by atoms with Crippen LogP contribution < -0.4 is 10.1 Å². The molecule has 0 aromatic heterocycles. The highest BCUT2D eigenvalue weighted by molar-refractivity contribution is 6.32. The van der Waals surface area contributed by atoms with Crippen molar-refractivity contribution in [1.29, 1.82) is 0 Å². The number of ether oxygens (including phenoxy) is 1. The Labute approximate surface area is 116 Å². The number of rotatable bonds is 6. The van der Waals surface area contributed by atoms with E-state index in [9.17, 15) is 9.59 Å². The Hall–Kier alpha value is -1.75. The summed E-state index contributed by atoms with van der Waals surface area (Å²) < 4.78 is 5.04. The first-order valence-electron chi connectivity index (χ1n) is 5.77. The molecule has 1 unspecified atom stereocenters. The molecule has 1 aromatic rings. The molecule has 6 heteroatoms. The second-order valence-corrected chi connectivity index (χ2v) is 4.71. The molecule has 1 rings (SSSR count). The number of carboxylic acid groups (broad SMARTS) is 1. The molecule has 1 aromatic carbocycles. The molecular formula is C13H16ClNO4. The van der Waals surface area contributed by atoms with Gasteiger partial charge in [-0.1, -0.05) is 18.5 Å². The summed E-state index contributed by atoms with van der Waals surface area (Å²) in [6.45, 7) is 1.72. The van der Waals surface area contributed by atoms with E-state index in [-0.39, 0.29) is 24.7 Å². The highest BCUT2D eigenvalue weighted by Crippen LogP contribution is 2.27. The van der Waals surface area contributed by atoms with Gasteiger partial charge in [0.2, 0.25) is 5.91 Å². The molecule has 0 saturated heterocycles. The third kappa shape index (κ3) is 5.18. The van der Waals surface area contributed by atoms with Crippen LogP contribution in [0.15, 0.2) is 18.2 Å². The number of nitrogens with one attached hydrogen (secondary N) is 1. The lowest BCUT2D eigenvalue weighted by molar-refractivity contribution is -0.138. The number of hydrogen-bond acceptors (Lipinski definition) is 3. The van der Waals surface area contributed by atoms with Gasteiger partial charge < -0.3 is 15.2 Å². The summed E-state index contributed by atoms with van der Waals surface area (Å²) in [6.07, 6.45) is 0.120. The number of aliphatic carboxylic acids is 1. The predicted molar refractivity (Wildman–Crippen MR) is 72.7 cm³/mol. The minimum Gasteiger partial charge on any atom is -0.495 e. The van der Waals surface area contributed by atoms with Crippen molar-refractivity contribution < 1.29 is 19.4 Å². The Kier molecular flexibility index (Phi) is 5.63. The SMILES string of the molecule is COc1cc(NC(=O)CC(C)CC(=O)O)ccc1Cl. The maximum absolute atomic E-state index is 11.7. The third-order valence-corrected chi connectivity index (χ3v) is 2.80. The summed E-state index contributed by atoms with van der Waals surface area (Å²) in [4.78, 5) is 22.2. The molecule has 0 fully saturated rings. The van der Waals surface area contributed by atoms with Crippen LogP contribution in [0.4, 0.5) is 5.69 Å². The molecule has 0 bridgehead atoms. The van der Waals surface area contributed by atoms with E-state index in [0.29, 0.717) is 16.5 Å². The van der Waals surface area contributed by atoms with E-state index in [1.54, 1.807) is 25.1 Å². The summed E-state index contributed by atoms with van der Waals surface area (Å²) in [5.74, 6) is -0.892. The number of benzene rings is 1. The van der Waals surface area contributed by atoms with E-state index in [0.717, 1.165) is 0 Å². The number of carbonyl (C=O) groups is 2. The molecule has 19 heavy (non-hydrogen) atoms. The molecule has 2 N–H and O–H groups in total. The van der Waals surface area contributed by atoms with E-state index in [1.165, 1.54) is 7.11 Å². The standard InChI is InChI=1S/C13H16ClNO4/c1-8(6-13(17)18)5-12(16)15-9-3-4-10(14)11(7-9)19-2/h3-4,7-8H,5-6H2,1-2H3,(H,15,16)(H,17,18). The van der Waals surface area contributed by atoms with Gasteiger partial charge in [0, 0.05) is 24.6 Å². The van der Waals surface area contributed by atoms with E-state index in [1.807, 2.05) is 0 Å². The first-order chi connectivity index (χ1) is 8.92. The average molecular weight is 286 g/mol. The van der Waals surface area contributed by atoms with Crippen LogP contribution in [0.5, 0.6) is 5.75 Å². The van der Waals surface area contributed by atoms with Gasteiger partial charge in [0.1, 0.15) is 5.75 Å². The van der Waals surface area contributed by atoms with Crippen molar-refractivity contribution in [3.05, 3.63) is 23.2 Å². The highest BCUT2D eigenvalue weighted by atomic mass is 35.5. The minimum atomic E-state index is -0.909. The molecule has 5 nitrogen and oxygen atoms in total. The van der Waals surface area contributed by atoms with Crippen LogP contribution in [0.2, 0.25) is 5.02 Å². The fourth-order valence-electron chi connectivity index (χ4n) is 1.64. The van der Waals surface area contributed by atoms with Crippen LogP contribution in [0.3, 0.4) is 0 Å². The Bertz CT molecular complexity index is 476. The molecule has 104 valence electrons. The van der Waals surface area contributed by atoms with Gasteiger partial charge in [-0.3, -0.25) is 9.59 Å². The Morgan fingerprint density at radius 3 is 2.68 bits per heavy atom. The first-order valence-corrected chi connectivity index (χ1v) is 6.15. The molecule has 0 radical (unpaired) electrons. The van der Waals surface area contributed by atoms with E-state index in [2.05, 4.69) is 5.32 Å². The summed E-state index contributed by atoms with van der Waals surface area (Å²) in [5.41, 5.74) is 0.564. The lowest BCUT2D eigenvalue weighted by atomic mass is 10.0. The normalized spacial score (nSPS) is 11.7. The second kappa shape index (κ2) is 6.99. The number of methoxy groups -OCH3 is 1. The van der Waals surface area contributed by atoms with Crippen LogP contribution in [-0.4, -0.2) is 24.1 Å². The summed E-state index contributed by atoms with van der Waals surface area (Å²) >= 11 is 5.87. The zero-order chi connectivity index (χ0) is 14.4. The van der Waals surface area contributed by atoms with Crippen LogP contribution in [0.25, 0.3) is 0 Å². The zero-order valence-corrected chi connectivity index (χ0v) is 11.5. The molecule has 0 aliphatic rings. The summed E-state index contributed by atoms with van der Waals surface area (Å²) in [5, 5.41) is 11.8. The lowest BCUT2D eigenvalue weighted by Crippen LogP contribution is -2.16. The van der Waals surface area contributed by atoms with Crippen molar-refractivity contribution in [2.24, 2.45) is 5.92 Å². The van der Waals surface area contributed by atoms with Gasteiger partial charge in [-0.25, -0.2) is 0 Å². The van der Waals surface area contributed by atoms with Crippen LogP contribution in [0.1, 0.15) is 19.8 Å². The van der Waals surface area contributed by atoms with Gasteiger partial charge in [0.05, 0.1) is 12.1 Å². The fourth-order valence-corrected chi connectivity index (χ4v) is 1.83. The molecular weight excluding hydrogens is 270 g/mol. The molecule has 1 atom stereocenters. The van der Waals surface area contributed by atoms with Gasteiger partial charge in [0.25, 0.3) is 0 Å². The fraction of sp³-hybridized carbons (Fsp3) is 0.385. The van der Waals surface area contributed by atoms with Gasteiger partial charge in [-0.2, -0.15) is 0 Å². The number of carbonyl (C=O) groups excluding carboxylic acids is 1. The minimum absolute atomic E-state index is 0.0304. The maximum atomic E-state index is 11.7. The van der Waals surface area contributed by atoms with E-state index < -0.39 is 5.97 Å². The monoisotopic (exact) mass is 285 g/mol. The number of amides is 1. The topological polar surface area (TPSA) is 75.6 Å². The largest absolute Gasteiger partial charge is 0.495 e. The Morgan fingerprint density at radius 2 is 2.11 bits per heavy atom. The highest BCUT2D eigenvalue weighted by Gasteiger charge is 2.13. The molecule has 0 saturated carbocycles. The summed E-state index contributed by atoms with van der Waals surface area (Å²) in [7, 11) is 1.49. The average Bonchev–Trinajstić information content (AvgIpc) is 2.30. The summed E-state index contributed by atoms with van der Waals surface area (Å²) in [6, 6.07) is 4.89. The number of carboxylic acids is 1. The van der Waals surface area contributed by atoms with Crippen molar-refractivity contribution in [3.8, 4) is 5.75 Å². The molecule has 0 aliphatic heterocycles. The van der Waals surface area contributed by atoms with Crippen LogP contribution >= 0.6 is 11.6 Å². The molecule has 0 heterocycles. The van der Waals surface area contributed by atoms with Crippen molar-refractivity contribution in [1.82, 2.24) is 0 Å². The van der Waals surface area contributed by atoms with Gasteiger partial charge in [0.15, 0.2) is 0 Å². The van der Waals surface area contributed by atoms with Crippen LogP contribution in [-0.2, 0) is 9.59 Å². The number of halogens is 1.